The molecule has 3 aromatic carbocycles. The van der Waals surface area contributed by atoms with Crippen molar-refractivity contribution in [3.05, 3.63) is 129 Å². The summed E-state index contributed by atoms with van der Waals surface area (Å²) < 4.78 is 13.3. The molecule has 1 aliphatic rings. The summed E-state index contributed by atoms with van der Waals surface area (Å²) in [7, 11) is 0. The highest BCUT2D eigenvalue weighted by atomic mass is 35.5. The highest BCUT2D eigenvalue weighted by Gasteiger charge is 2.34. The van der Waals surface area contributed by atoms with Crippen molar-refractivity contribution in [1.29, 1.82) is 0 Å². The molecular weight excluding hydrogens is 591 g/mol. The van der Waals surface area contributed by atoms with Gasteiger partial charge in [0.1, 0.15) is 18.4 Å². The Bertz CT molecular complexity index is 1830. The van der Waals surface area contributed by atoms with Crippen LogP contribution in [0.3, 0.4) is 0 Å². The Kier molecular flexibility index (Phi) is 8.47. The summed E-state index contributed by atoms with van der Waals surface area (Å²) >= 11 is 19.9. The second-order valence-electron chi connectivity index (χ2n) is 8.93. The van der Waals surface area contributed by atoms with Gasteiger partial charge in [-0.3, -0.25) is 9.36 Å². The number of halogens is 3. The Labute approximate surface area is 249 Å². The molecule has 5 rings (SSSR count). The van der Waals surface area contributed by atoms with Gasteiger partial charge in [-0.25, -0.2) is 9.79 Å². The van der Waals surface area contributed by atoms with Crippen molar-refractivity contribution in [2.45, 2.75) is 26.5 Å². The number of carbonyl (C=O) groups is 1. The fourth-order valence-electron chi connectivity index (χ4n) is 4.42. The fourth-order valence-corrected chi connectivity index (χ4v) is 6.03. The summed E-state index contributed by atoms with van der Waals surface area (Å²) in [6.45, 7) is 3.97. The van der Waals surface area contributed by atoms with E-state index >= 15 is 0 Å². The van der Waals surface area contributed by atoms with E-state index < -0.39 is 12.0 Å². The predicted molar refractivity (Wildman–Crippen MR) is 159 cm³/mol. The van der Waals surface area contributed by atoms with Crippen molar-refractivity contribution in [1.82, 2.24) is 4.57 Å². The molecule has 10 heteroatoms. The molecule has 0 saturated carbocycles. The number of benzene rings is 3. The van der Waals surface area contributed by atoms with Crippen LogP contribution in [0.15, 0.2) is 87.8 Å². The van der Waals surface area contributed by atoms with Crippen molar-refractivity contribution in [3.63, 3.8) is 0 Å². The summed E-state index contributed by atoms with van der Waals surface area (Å²) in [6, 6.07) is 19.1. The number of fused-ring (bicyclic) bond motifs is 1. The molecule has 0 spiro atoms. The maximum Gasteiger partial charge on any atom is 0.338 e. The van der Waals surface area contributed by atoms with Gasteiger partial charge in [-0.15, -0.1) is 0 Å². The zero-order chi connectivity index (χ0) is 28.4. The number of hydrogen-bond donors (Lipinski definition) is 0. The lowest BCUT2D eigenvalue weighted by molar-refractivity contribution is -0.139. The molecule has 1 atom stereocenters. The zero-order valence-corrected chi connectivity index (χ0v) is 24.6. The first kappa shape index (κ1) is 28.2. The van der Waals surface area contributed by atoms with Gasteiger partial charge >= 0.3 is 5.97 Å². The van der Waals surface area contributed by atoms with E-state index in [1.165, 1.54) is 15.9 Å². The SMILES string of the molecule is CCOC(=O)C1=C(C)N=c2s/c(=C/c3cccc(OCc4ccc(Cl)c(Cl)c4)c3)c(=O)n2[C@H]1c1ccccc1Cl. The number of aromatic nitrogens is 1. The Morgan fingerprint density at radius 3 is 2.58 bits per heavy atom. The lowest BCUT2D eigenvalue weighted by Crippen LogP contribution is -2.40. The van der Waals surface area contributed by atoms with Crippen molar-refractivity contribution in [3.8, 4) is 5.75 Å². The average Bonchev–Trinajstić information content (AvgIpc) is 3.23. The molecule has 6 nitrogen and oxygen atoms in total. The van der Waals surface area contributed by atoms with E-state index in [4.69, 9.17) is 44.3 Å². The lowest BCUT2D eigenvalue weighted by Gasteiger charge is -2.25. The topological polar surface area (TPSA) is 69.9 Å². The molecule has 2 heterocycles. The Morgan fingerprint density at radius 2 is 1.82 bits per heavy atom. The van der Waals surface area contributed by atoms with Crippen LogP contribution in [0.5, 0.6) is 5.75 Å². The number of carbonyl (C=O) groups excluding carboxylic acids is 1. The molecule has 1 aliphatic heterocycles. The van der Waals surface area contributed by atoms with Crippen LogP contribution >= 0.6 is 46.1 Å². The van der Waals surface area contributed by atoms with Crippen molar-refractivity contribution in [2.75, 3.05) is 6.61 Å². The van der Waals surface area contributed by atoms with Gasteiger partial charge in [0, 0.05) is 5.02 Å². The summed E-state index contributed by atoms with van der Waals surface area (Å²) in [5.74, 6) is 0.0942. The molecule has 0 aliphatic carbocycles. The van der Waals surface area contributed by atoms with Gasteiger partial charge in [0.05, 0.1) is 32.5 Å². The summed E-state index contributed by atoms with van der Waals surface area (Å²) in [5.41, 5.74) is 2.74. The highest BCUT2D eigenvalue weighted by Crippen LogP contribution is 2.34. The molecule has 0 bridgehead atoms. The summed E-state index contributed by atoms with van der Waals surface area (Å²) in [5, 5.41) is 1.38. The molecule has 40 heavy (non-hydrogen) atoms. The second-order valence-corrected chi connectivity index (χ2v) is 11.2. The van der Waals surface area contributed by atoms with Gasteiger partial charge in [0.15, 0.2) is 4.80 Å². The van der Waals surface area contributed by atoms with Crippen LogP contribution in [0.2, 0.25) is 15.1 Å². The van der Waals surface area contributed by atoms with Crippen LogP contribution in [0.25, 0.3) is 6.08 Å². The number of nitrogens with zero attached hydrogens (tertiary/aromatic N) is 2. The van der Waals surface area contributed by atoms with Crippen LogP contribution in [0.4, 0.5) is 0 Å². The quantitative estimate of drug-likeness (QED) is 0.228. The Morgan fingerprint density at radius 1 is 1.02 bits per heavy atom. The molecule has 0 fully saturated rings. The average molecular weight is 614 g/mol. The Hall–Kier alpha value is -3.36. The third-order valence-corrected chi connectivity index (χ3v) is 8.33. The van der Waals surface area contributed by atoms with E-state index in [0.29, 0.717) is 48.0 Å². The fraction of sp³-hybridized carbons (Fsp3) is 0.167. The lowest BCUT2D eigenvalue weighted by atomic mass is 9.96. The number of ether oxygens (including phenoxy) is 2. The van der Waals surface area contributed by atoms with E-state index in [1.54, 1.807) is 50.3 Å². The standard InChI is InChI=1S/C30H23Cl3N2O4S/c1-3-38-29(37)26-17(2)34-30-35(27(26)21-9-4-5-10-22(21)31)28(36)25(40-30)15-18-7-6-8-20(13-18)39-16-19-11-12-23(32)24(33)14-19/h4-15,27H,3,16H2,1-2H3/b25-15+/t27-/m0/s1. The maximum atomic E-state index is 13.8. The van der Waals surface area contributed by atoms with E-state index in [9.17, 15) is 9.59 Å². The van der Waals surface area contributed by atoms with Gasteiger partial charge in [0.2, 0.25) is 0 Å². The molecule has 4 aromatic rings. The molecule has 0 unspecified atom stereocenters. The molecule has 1 aromatic heterocycles. The summed E-state index contributed by atoms with van der Waals surface area (Å²) in [6.07, 6.45) is 1.78. The van der Waals surface area contributed by atoms with Crippen LogP contribution in [0.1, 0.15) is 36.6 Å². The minimum absolute atomic E-state index is 0.193. The smallest absolute Gasteiger partial charge is 0.338 e. The van der Waals surface area contributed by atoms with Gasteiger partial charge in [-0.2, -0.15) is 0 Å². The van der Waals surface area contributed by atoms with Crippen molar-refractivity contribution in [2.24, 2.45) is 4.99 Å². The molecule has 0 radical (unpaired) electrons. The van der Waals surface area contributed by atoms with Gasteiger partial charge in [-0.1, -0.05) is 82.5 Å². The largest absolute Gasteiger partial charge is 0.489 e. The minimum atomic E-state index is -0.771. The molecule has 204 valence electrons. The molecule has 0 N–H and O–H groups in total. The van der Waals surface area contributed by atoms with Crippen molar-refractivity contribution < 1.29 is 14.3 Å². The third-order valence-electron chi connectivity index (χ3n) is 6.26. The first-order chi connectivity index (χ1) is 19.3. The van der Waals surface area contributed by atoms with Crippen LogP contribution < -0.4 is 19.6 Å². The number of thiazole rings is 1. The summed E-state index contributed by atoms with van der Waals surface area (Å²) in [4.78, 5) is 31.9. The monoisotopic (exact) mass is 612 g/mol. The maximum absolute atomic E-state index is 13.8. The Balaban J connectivity index is 1.54. The van der Waals surface area contributed by atoms with E-state index in [0.717, 1.165) is 11.1 Å². The van der Waals surface area contributed by atoms with Crippen LogP contribution in [0, 0.1) is 0 Å². The first-order valence-electron chi connectivity index (χ1n) is 12.4. The predicted octanol–water partition coefficient (Wildman–Crippen LogP) is 6.34. The number of allylic oxidation sites excluding steroid dienone is 1. The van der Waals surface area contributed by atoms with Gasteiger partial charge < -0.3 is 9.47 Å². The van der Waals surface area contributed by atoms with E-state index in [2.05, 4.69) is 4.99 Å². The number of rotatable bonds is 7. The molecule has 0 saturated heterocycles. The van der Waals surface area contributed by atoms with Gasteiger partial charge in [0.25, 0.3) is 5.56 Å². The molecular formula is C30H23Cl3N2O4S. The number of hydrogen-bond acceptors (Lipinski definition) is 6. The highest BCUT2D eigenvalue weighted by molar-refractivity contribution is 7.07. The third kappa shape index (κ3) is 5.74. The van der Waals surface area contributed by atoms with Gasteiger partial charge in [-0.05, 0) is 66.9 Å². The van der Waals surface area contributed by atoms with E-state index in [1.807, 2.05) is 36.4 Å². The first-order valence-corrected chi connectivity index (χ1v) is 14.3. The minimum Gasteiger partial charge on any atom is -0.489 e. The molecule has 0 amide bonds. The van der Waals surface area contributed by atoms with Crippen molar-refractivity contribution >= 4 is 58.2 Å². The number of esters is 1. The van der Waals surface area contributed by atoms with Crippen LogP contribution in [-0.2, 0) is 16.1 Å². The normalized spacial score (nSPS) is 15.0. The van der Waals surface area contributed by atoms with E-state index in [-0.39, 0.29) is 17.7 Å². The zero-order valence-electron chi connectivity index (χ0n) is 21.5. The van der Waals surface area contributed by atoms with Crippen LogP contribution in [-0.4, -0.2) is 17.1 Å². The second kappa shape index (κ2) is 12.0.